The average molecular weight is 289 g/mol. The maximum Gasteiger partial charge on any atom is 0.240 e. The Hall–Kier alpha value is -1.11. The first kappa shape index (κ1) is 15.9. The molecule has 2 heterocycles. The van der Waals surface area contributed by atoms with Gasteiger partial charge in [0.25, 0.3) is 0 Å². The summed E-state index contributed by atoms with van der Waals surface area (Å²) in [5.74, 6) is 0.348. The molecule has 1 amide bonds. The smallest absolute Gasteiger partial charge is 0.240 e. The van der Waals surface area contributed by atoms with Gasteiger partial charge >= 0.3 is 0 Å². The molecule has 0 spiro atoms. The van der Waals surface area contributed by atoms with Crippen LogP contribution in [0.4, 0.5) is 5.88 Å². The summed E-state index contributed by atoms with van der Waals surface area (Å²) < 4.78 is 4.95. The number of aromatic nitrogens is 1. The van der Waals surface area contributed by atoms with E-state index in [1.807, 2.05) is 6.92 Å². The van der Waals surface area contributed by atoms with Crippen molar-refractivity contribution in [2.75, 3.05) is 25.0 Å². The van der Waals surface area contributed by atoms with Gasteiger partial charge in [0.1, 0.15) is 0 Å². The van der Waals surface area contributed by atoms with E-state index in [-0.39, 0.29) is 18.3 Å². The molecule has 6 nitrogen and oxygen atoms in total. The lowest BCUT2D eigenvalue weighted by atomic mass is 10.1. The summed E-state index contributed by atoms with van der Waals surface area (Å²) >= 11 is 0. The lowest BCUT2D eigenvalue weighted by molar-refractivity contribution is -0.117. The molecule has 0 radical (unpaired) electrons. The summed E-state index contributed by atoms with van der Waals surface area (Å²) in [5.41, 5.74) is 0.759. The van der Waals surface area contributed by atoms with Gasteiger partial charge in [-0.25, -0.2) is 0 Å². The lowest BCUT2D eigenvalue weighted by Crippen LogP contribution is -2.55. The number of piperazine rings is 1. The number of nitrogens with zero attached hydrogens (tertiary/aromatic N) is 2. The molecule has 2 unspecified atom stereocenters. The minimum atomic E-state index is -0.0625. The second-order valence-electron chi connectivity index (χ2n) is 5.04. The predicted molar refractivity (Wildman–Crippen MR) is 75.6 cm³/mol. The molecule has 1 saturated heterocycles. The molecule has 1 aromatic heterocycles. The number of rotatable bonds is 3. The van der Waals surface area contributed by atoms with Gasteiger partial charge in [-0.2, -0.15) is 0 Å². The molecule has 1 aromatic rings. The zero-order valence-electron chi connectivity index (χ0n) is 11.5. The van der Waals surface area contributed by atoms with Crippen molar-refractivity contribution in [3.63, 3.8) is 0 Å². The summed E-state index contributed by atoms with van der Waals surface area (Å²) in [5, 5.41) is 9.87. The van der Waals surface area contributed by atoms with Gasteiger partial charge in [-0.05, 0) is 20.8 Å². The van der Waals surface area contributed by atoms with Crippen LogP contribution in [0.3, 0.4) is 0 Å². The van der Waals surface area contributed by atoms with Gasteiger partial charge in [0.05, 0.1) is 12.2 Å². The number of hydrogen-bond acceptors (Lipinski definition) is 5. The van der Waals surface area contributed by atoms with Crippen LogP contribution in [-0.2, 0) is 4.79 Å². The highest BCUT2D eigenvalue weighted by Gasteiger charge is 2.22. The van der Waals surface area contributed by atoms with Crippen molar-refractivity contribution < 1.29 is 9.32 Å². The summed E-state index contributed by atoms with van der Waals surface area (Å²) in [7, 11) is 0. The van der Waals surface area contributed by atoms with Crippen LogP contribution in [0, 0.1) is 6.92 Å². The quantitative estimate of drug-likeness (QED) is 0.869. The second-order valence-corrected chi connectivity index (χ2v) is 5.04. The number of aryl methyl sites for hydroxylation is 1. The fraction of sp³-hybridized carbons (Fsp3) is 0.667. The van der Waals surface area contributed by atoms with Crippen LogP contribution in [0.2, 0.25) is 0 Å². The Morgan fingerprint density at radius 3 is 2.68 bits per heavy atom. The molecule has 108 valence electrons. The second kappa shape index (κ2) is 6.88. The van der Waals surface area contributed by atoms with Crippen LogP contribution in [-0.4, -0.2) is 47.7 Å². The van der Waals surface area contributed by atoms with E-state index < -0.39 is 0 Å². The molecule has 1 fully saturated rings. The SMILES string of the molecule is Cc1cc(NC(=O)CN2CC(C)NC(C)C2)on1.Cl. The van der Waals surface area contributed by atoms with Crippen LogP contribution in [0.15, 0.2) is 10.6 Å². The molecular formula is C12H21ClN4O2. The molecule has 2 atom stereocenters. The molecule has 7 heteroatoms. The lowest BCUT2D eigenvalue weighted by Gasteiger charge is -2.35. The molecule has 0 bridgehead atoms. The van der Waals surface area contributed by atoms with Crippen LogP contribution < -0.4 is 10.6 Å². The fourth-order valence-electron chi connectivity index (χ4n) is 2.37. The molecule has 0 aliphatic carbocycles. The van der Waals surface area contributed by atoms with Crippen LogP contribution in [0.25, 0.3) is 0 Å². The molecule has 1 aliphatic heterocycles. The van der Waals surface area contributed by atoms with Gasteiger partial charge in [0, 0.05) is 31.2 Å². The Morgan fingerprint density at radius 1 is 1.53 bits per heavy atom. The number of nitrogens with one attached hydrogen (secondary N) is 2. The van der Waals surface area contributed by atoms with E-state index in [1.165, 1.54) is 0 Å². The van der Waals surface area contributed by atoms with E-state index in [9.17, 15) is 4.79 Å². The molecule has 1 aliphatic rings. The minimum absolute atomic E-state index is 0. The molecule has 2 N–H and O–H groups in total. The van der Waals surface area contributed by atoms with E-state index in [4.69, 9.17) is 4.52 Å². The normalized spacial score (nSPS) is 23.7. The number of amides is 1. The van der Waals surface area contributed by atoms with Crippen molar-refractivity contribution in [2.24, 2.45) is 0 Å². The number of carbonyl (C=O) groups is 1. The van der Waals surface area contributed by atoms with Crippen molar-refractivity contribution in [3.8, 4) is 0 Å². The first-order valence-corrected chi connectivity index (χ1v) is 6.24. The Kier molecular flexibility index (Phi) is 5.78. The average Bonchev–Trinajstić information content (AvgIpc) is 2.61. The Labute approximate surface area is 119 Å². The van der Waals surface area contributed by atoms with Crippen molar-refractivity contribution in [1.82, 2.24) is 15.4 Å². The van der Waals surface area contributed by atoms with E-state index in [1.54, 1.807) is 6.07 Å². The van der Waals surface area contributed by atoms with Crippen LogP contribution in [0.1, 0.15) is 19.5 Å². The van der Waals surface area contributed by atoms with Gasteiger partial charge in [-0.1, -0.05) is 5.16 Å². The highest BCUT2D eigenvalue weighted by molar-refractivity contribution is 5.90. The Morgan fingerprint density at radius 2 is 2.16 bits per heavy atom. The summed E-state index contributed by atoms with van der Waals surface area (Å²) in [4.78, 5) is 14.0. The molecule has 0 aromatic carbocycles. The molecule has 19 heavy (non-hydrogen) atoms. The van der Waals surface area contributed by atoms with Crippen molar-refractivity contribution in [3.05, 3.63) is 11.8 Å². The van der Waals surface area contributed by atoms with E-state index in [0.29, 0.717) is 24.5 Å². The maximum atomic E-state index is 11.8. The maximum absolute atomic E-state index is 11.8. The van der Waals surface area contributed by atoms with Gasteiger partial charge in [-0.15, -0.1) is 12.4 Å². The molecule has 2 rings (SSSR count). The fourth-order valence-corrected chi connectivity index (χ4v) is 2.37. The minimum Gasteiger partial charge on any atom is -0.338 e. The first-order chi connectivity index (χ1) is 8.52. The van der Waals surface area contributed by atoms with Crippen molar-refractivity contribution in [1.29, 1.82) is 0 Å². The van der Waals surface area contributed by atoms with E-state index >= 15 is 0 Å². The number of halogens is 1. The Bertz CT molecular complexity index is 414. The zero-order valence-corrected chi connectivity index (χ0v) is 12.3. The zero-order chi connectivity index (χ0) is 13.1. The number of carbonyl (C=O) groups excluding carboxylic acids is 1. The van der Waals surface area contributed by atoms with Gasteiger partial charge in [-0.3, -0.25) is 15.0 Å². The Balaban J connectivity index is 0.00000180. The van der Waals surface area contributed by atoms with Crippen LogP contribution in [0.5, 0.6) is 0 Å². The third-order valence-electron chi connectivity index (χ3n) is 2.89. The first-order valence-electron chi connectivity index (χ1n) is 6.24. The highest BCUT2D eigenvalue weighted by atomic mass is 35.5. The third-order valence-corrected chi connectivity index (χ3v) is 2.89. The van der Waals surface area contributed by atoms with Crippen molar-refractivity contribution in [2.45, 2.75) is 32.9 Å². The van der Waals surface area contributed by atoms with Crippen molar-refractivity contribution >= 4 is 24.2 Å². The van der Waals surface area contributed by atoms with Gasteiger partial charge < -0.3 is 9.84 Å². The number of anilines is 1. The van der Waals surface area contributed by atoms with E-state index in [2.05, 4.69) is 34.5 Å². The van der Waals surface area contributed by atoms with Gasteiger partial charge in [0.15, 0.2) is 0 Å². The van der Waals surface area contributed by atoms with Gasteiger partial charge in [0.2, 0.25) is 11.8 Å². The topological polar surface area (TPSA) is 70.4 Å². The van der Waals surface area contributed by atoms with E-state index in [0.717, 1.165) is 18.8 Å². The third kappa shape index (κ3) is 4.81. The summed E-state index contributed by atoms with van der Waals surface area (Å²) in [6.45, 7) is 8.22. The monoisotopic (exact) mass is 288 g/mol. The predicted octanol–water partition coefficient (Wildman–Crippen LogP) is 1.03. The molecular weight excluding hydrogens is 268 g/mol. The number of hydrogen-bond donors (Lipinski definition) is 2. The van der Waals surface area contributed by atoms with Crippen LogP contribution >= 0.6 is 12.4 Å². The standard InChI is InChI=1S/C12H20N4O2.ClH/c1-8-4-12(18-15-8)14-11(17)7-16-5-9(2)13-10(3)6-16;/h4,9-10,13H,5-7H2,1-3H3,(H,14,17);1H. The molecule has 0 saturated carbocycles. The summed E-state index contributed by atoms with van der Waals surface area (Å²) in [6, 6.07) is 2.53. The highest BCUT2D eigenvalue weighted by Crippen LogP contribution is 2.09. The largest absolute Gasteiger partial charge is 0.338 e. The summed E-state index contributed by atoms with van der Waals surface area (Å²) in [6.07, 6.45) is 0.